The first-order valence-corrected chi connectivity index (χ1v) is 5.42. The SMILES string of the molecule is CCCC1CC(O)(C(C)C)CCO1. The van der Waals surface area contributed by atoms with Crippen LogP contribution in [-0.2, 0) is 4.74 Å². The quantitative estimate of drug-likeness (QED) is 0.733. The molecule has 1 rings (SSSR count). The van der Waals surface area contributed by atoms with Crippen LogP contribution < -0.4 is 0 Å². The summed E-state index contributed by atoms with van der Waals surface area (Å²) in [6.07, 6.45) is 4.11. The normalized spacial score (nSPS) is 35.3. The maximum absolute atomic E-state index is 10.3. The van der Waals surface area contributed by atoms with Gasteiger partial charge in [-0.15, -0.1) is 0 Å². The number of hydrogen-bond donors (Lipinski definition) is 1. The smallest absolute Gasteiger partial charge is 0.0717 e. The predicted octanol–water partition coefficient (Wildman–Crippen LogP) is 2.35. The van der Waals surface area contributed by atoms with E-state index in [1.807, 2.05) is 0 Å². The second-order valence-electron chi connectivity index (χ2n) is 4.49. The topological polar surface area (TPSA) is 29.5 Å². The molecule has 0 amide bonds. The second kappa shape index (κ2) is 4.43. The fraction of sp³-hybridized carbons (Fsp3) is 1.00. The van der Waals surface area contributed by atoms with Gasteiger partial charge in [0.25, 0.3) is 0 Å². The molecule has 1 heterocycles. The molecule has 1 fully saturated rings. The van der Waals surface area contributed by atoms with Gasteiger partial charge in [-0.25, -0.2) is 0 Å². The Hall–Kier alpha value is -0.0800. The summed E-state index contributed by atoms with van der Waals surface area (Å²) in [6.45, 7) is 7.06. The molecule has 0 spiro atoms. The van der Waals surface area contributed by atoms with Crippen LogP contribution in [0.1, 0.15) is 46.5 Å². The lowest BCUT2D eigenvalue weighted by Gasteiger charge is -2.39. The lowest BCUT2D eigenvalue weighted by Crippen LogP contribution is -2.44. The molecule has 0 aromatic carbocycles. The van der Waals surface area contributed by atoms with Gasteiger partial charge in [-0.2, -0.15) is 0 Å². The van der Waals surface area contributed by atoms with Crippen LogP contribution >= 0.6 is 0 Å². The van der Waals surface area contributed by atoms with E-state index < -0.39 is 5.60 Å². The zero-order valence-electron chi connectivity index (χ0n) is 9.05. The summed E-state index contributed by atoms with van der Waals surface area (Å²) in [6, 6.07) is 0. The zero-order chi connectivity index (χ0) is 9.90. The third-order valence-electron chi connectivity index (χ3n) is 3.16. The Kier molecular flexibility index (Phi) is 3.74. The minimum Gasteiger partial charge on any atom is -0.389 e. The van der Waals surface area contributed by atoms with Gasteiger partial charge in [0, 0.05) is 13.0 Å². The van der Waals surface area contributed by atoms with Gasteiger partial charge < -0.3 is 9.84 Å². The summed E-state index contributed by atoms with van der Waals surface area (Å²) >= 11 is 0. The molecule has 1 N–H and O–H groups in total. The highest BCUT2D eigenvalue weighted by Gasteiger charge is 2.37. The number of ether oxygens (including phenoxy) is 1. The molecule has 1 aliphatic rings. The van der Waals surface area contributed by atoms with Crippen molar-refractivity contribution in [2.75, 3.05) is 6.61 Å². The molecule has 2 unspecified atom stereocenters. The summed E-state index contributed by atoms with van der Waals surface area (Å²) < 4.78 is 5.60. The predicted molar refractivity (Wildman–Crippen MR) is 53.7 cm³/mol. The van der Waals surface area contributed by atoms with Crippen molar-refractivity contribution in [1.29, 1.82) is 0 Å². The molecular formula is C11H22O2. The molecule has 1 aliphatic heterocycles. The third kappa shape index (κ3) is 2.68. The summed E-state index contributed by atoms with van der Waals surface area (Å²) in [5.41, 5.74) is -0.474. The van der Waals surface area contributed by atoms with Crippen molar-refractivity contribution in [3.05, 3.63) is 0 Å². The minimum atomic E-state index is -0.474. The van der Waals surface area contributed by atoms with Crippen molar-refractivity contribution in [3.8, 4) is 0 Å². The molecule has 78 valence electrons. The monoisotopic (exact) mass is 186 g/mol. The molecule has 0 saturated carbocycles. The molecule has 0 bridgehead atoms. The van der Waals surface area contributed by atoms with E-state index in [0.717, 1.165) is 32.3 Å². The average molecular weight is 186 g/mol. The van der Waals surface area contributed by atoms with Gasteiger partial charge in [0.05, 0.1) is 11.7 Å². The summed E-state index contributed by atoms with van der Waals surface area (Å²) in [5, 5.41) is 10.3. The van der Waals surface area contributed by atoms with Crippen LogP contribution in [0, 0.1) is 5.92 Å². The van der Waals surface area contributed by atoms with Gasteiger partial charge >= 0.3 is 0 Å². The van der Waals surface area contributed by atoms with Gasteiger partial charge in [0.2, 0.25) is 0 Å². The minimum absolute atomic E-state index is 0.283. The van der Waals surface area contributed by atoms with Crippen LogP contribution in [0.5, 0.6) is 0 Å². The Morgan fingerprint density at radius 1 is 1.54 bits per heavy atom. The molecule has 13 heavy (non-hydrogen) atoms. The molecule has 2 heteroatoms. The Bertz CT molecular complexity index is 154. The van der Waals surface area contributed by atoms with E-state index in [4.69, 9.17) is 4.74 Å². The summed E-state index contributed by atoms with van der Waals surface area (Å²) in [4.78, 5) is 0. The number of aliphatic hydroxyl groups is 1. The fourth-order valence-electron chi connectivity index (χ4n) is 1.99. The van der Waals surface area contributed by atoms with Gasteiger partial charge in [0.1, 0.15) is 0 Å². The van der Waals surface area contributed by atoms with E-state index in [-0.39, 0.29) is 6.10 Å². The maximum atomic E-state index is 10.3. The van der Waals surface area contributed by atoms with Gasteiger partial charge in [-0.1, -0.05) is 27.2 Å². The third-order valence-corrected chi connectivity index (χ3v) is 3.16. The molecule has 0 aliphatic carbocycles. The van der Waals surface area contributed by atoms with E-state index in [1.165, 1.54) is 0 Å². The summed E-state index contributed by atoms with van der Waals surface area (Å²) in [7, 11) is 0. The molecule has 2 atom stereocenters. The molecule has 0 radical (unpaired) electrons. The molecule has 1 saturated heterocycles. The van der Waals surface area contributed by atoms with Crippen LogP contribution in [0.25, 0.3) is 0 Å². The highest BCUT2D eigenvalue weighted by atomic mass is 16.5. The Morgan fingerprint density at radius 2 is 2.23 bits per heavy atom. The highest BCUT2D eigenvalue weighted by molar-refractivity contribution is 4.88. The van der Waals surface area contributed by atoms with Crippen molar-refractivity contribution in [3.63, 3.8) is 0 Å². The van der Waals surface area contributed by atoms with Crippen molar-refractivity contribution in [2.24, 2.45) is 5.92 Å². The van der Waals surface area contributed by atoms with E-state index in [2.05, 4.69) is 20.8 Å². The first-order chi connectivity index (χ1) is 6.08. The number of hydrogen-bond acceptors (Lipinski definition) is 2. The molecular weight excluding hydrogens is 164 g/mol. The number of rotatable bonds is 3. The van der Waals surface area contributed by atoms with Crippen molar-refractivity contribution >= 4 is 0 Å². The lowest BCUT2D eigenvalue weighted by atomic mass is 9.80. The Labute approximate surface area is 81.3 Å². The largest absolute Gasteiger partial charge is 0.389 e. The molecule has 2 nitrogen and oxygen atoms in total. The second-order valence-corrected chi connectivity index (χ2v) is 4.49. The van der Waals surface area contributed by atoms with Gasteiger partial charge in [0.15, 0.2) is 0 Å². The van der Waals surface area contributed by atoms with E-state index in [9.17, 15) is 5.11 Å². The average Bonchev–Trinajstić information content (AvgIpc) is 2.04. The van der Waals surface area contributed by atoms with Crippen LogP contribution in [0.15, 0.2) is 0 Å². The van der Waals surface area contributed by atoms with Gasteiger partial charge in [-0.3, -0.25) is 0 Å². The zero-order valence-corrected chi connectivity index (χ0v) is 9.05. The van der Waals surface area contributed by atoms with E-state index in [1.54, 1.807) is 0 Å². The fourth-order valence-corrected chi connectivity index (χ4v) is 1.99. The van der Waals surface area contributed by atoms with Crippen LogP contribution in [-0.4, -0.2) is 23.4 Å². The van der Waals surface area contributed by atoms with Crippen LogP contribution in [0.4, 0.5) is 0 Å². The first kappa shape index (κ1) is 11.0. The maximum Gasteiger partial charge on any atom is 0.0717 e. The van der Waals surface area contributed by atoms with Crippen molar-refractivity contribution in [1.82, 2.24) is 0 Å². The first-order valence-electron chi connectivity index (χ1n) is 5.42. The van der Waals surface area contributed by atoms with Gasteiger partial charge in [-0.05, 0) is 18.8 Å². The van der Waals surface area contributed by atoms with Crippen molar-refractivity contribution < 1.29 is 9.84 Å². The lowest BCUT2D eigenvalue weighted by molar-refractivity contribution is -0.126. The van der Waals surface area contributed by atoms with E-state index in [0.29, 0.717) is 5.92 Å². The van der Waals surface area contributed by atoms with E-state index >= 15 is 0 Å². The molecule has 0 aromatic rings. The Morgan fingerprint density at radius 3 is 2.77 bits per heavy atom. The molecule has 0 aromatic heterocycles. The summed E-state index contributed by atoms with van der Waals surface area (Å²) in [5.74, 6) is 0.343. The highest BCUT2D eigenvalue weighted by Crippen LogP contribution is 2.32. The van der Waals surface area contributed by atoms with Crippen LogP contribution in [0.3, 0.4) is 0 Å². The standard InChI is InChI=1S/C11H22O2/c1-4-5-10-8-11(12,9(2)3)6-7-13-10/h9-10,12H,4-8H2,1-3H3. The Balaban J connectivity index is 2.49. The van der Waals surface area contributed by atoms with Crippen molar-refractivity contribution in [2.45, 2.75) is 58.2 Å². The van der Waals surface area contributed by atoms with Crippen LogP contribution in [0.2, 0.25) is 0 Å².